The number of nitrogens with zero attached hydrogens (tertiary/aromatic N) is 2. The lowest BCUT2D eigenvalue weighted by Gasteiger charge is -1.93. The molecule has 54 valence electrons. The first-order valence-electron chi connectivity index (χ1n) is 2.79. The zero-order valence-corrected chi connectivity index (χ0v) is 6.04. The molecule has 0 fully saturated rings. The minimum absolute atomic E-state index is 0.419. The normalized spacial score (nSPS) is 12.9. The van der Waals surface area contributed by atoms with Gasteiger partial charge in [0.15, 0.2) is 0 Å². The van der Waals surface area contributed by atoms with Gasteiger partial charge in [0.25, 0.3) is 0 Å². The van der Waals surface area contributed by atoms with Gasteiger partial charge in [0.1, 0.15) is 12.2 Å². The van der Waals surface area contributed by atoms with Crippen LogP contribution in [0.4, 0.5) is 0 Å². The molecule has 0 atom stereocenters. The van der Waals surface area contributed by atoms with Crippen LogP contribution in [0.3, 0.4) is 0 Å². The minimum Gasteiger partial charge on any atom is -0.383 e. The van der Waals surface area contributed by atoms with Gasteiger partial charge in [-0.25, -0.2) is 4.99 Å². The molecule has 0 heterocycles. The van der Waals surface area contributed by atoms with Gasteiger partial charge in [0.2, 0.25) is 0 Å². The van der Waals surface area contributed by atoms with Crippen LogP contribution in [0.2, 0.25) is 0 Å². The molecule has 0 saturated heterocycles. The van der Waals surface area contributed by atoms with Crippen molar-refractivity contribution in [3.8, 4) is 0 Å². The largest absolute Gasteiger partial charge is 0.383 e. The van der Waals surface area contributed by atoms with E-state index < -0.39 is 0 Å². The first kappa shape index (κ1) is 8.62. The van der Waals surface area contributed by atoms with E-state index in [2.05, 4.69) is 23.3 Å². The fourth-order valence-corrected chi connectivity index (χ4v) is 0.309. The SMILES string of the molecule is C=C/C(C)=C(N)/N=C\N=C. The van der Waals surface area contributed by atoms with Crippen LogP contribution in [0.15, 0.2) is 34.0 Å². The van der Waals surface area contributed by atoms with E-state index in [4.69, 9.17) is 5.73 Å². The fraction of sp³-hybridized carbons (Fsp3) is 0.143. The Kier molecular flexibility index (Phi) is 3.87. The number of hydrogen-bond donors (Lipinski definition) is 1. The van der Waals surface area contributed by atoms with E-state index in [0.717, 1.165) is 5.57 Å². The van der Waals surface area contributed by atoms with E-state index in [9.17, 15) is 0 Å². The van der Waals surface area contributed by atoms with Crippen LogP contribution in [0, 0.1) is 0 Å². The van der Waals surface area contributed by atoms with Crippen molar-refractivity contribution >= 4 is 13.1 Å². The third-order valence-electron chi connectivity index (χ3n) is 0.989. The molecule has 0 saturated carbocycles. The molecule has 0 aliphatic rings. The summed E-state index contributed by atoms with van der Waals surface area (Å²) in [7, 11) is 0. The van der Waals surface area contributed by atoms with Gasteiger partial charge in [-0.2, -0.15) is 0 Å². The summed E-state index contributed by atoms with van der Waals surface area (Å²) in [6.07, 6.45) is 2.93. The van der Waals surface area contributed by atoms with Crippen molar-refractivity contribution in [1.29, 1.82) is 0 Å². The minimum atomic E-state index is 0.419. The van der Waals surface area contributed by atoms with Crippen molar-refractivity contribution in [3.63, 3.8) is 0 Å². The summed E-state index contributed by atoms with van der Waals surface area (Å²) < 4.78 is 0. The lowest BCUT2D eigenvalue weighted by atomic mass is 10.3. The Hall–Kier alpha value is -1.38. The van der Waals surface area contributed by atoms with Gasteiger partial charge in [-0.1, -0.05) is 12.7 Å². The molecule has 0 rings (SSSR count). The summed E-state index contributed by atoms with van der Waals surface area (Å²) in [6, 6.07) is 0. The first-order chi connectivity index (χ1) is 4.72. The maximum atomic E-state index is 5.44. The maximum absolute atomic E-state index is 5.44. The summed E-state index contributed by atoms with van der Waals surface area (Å²) in [5, 5.41) is 0. The van der Waals surface area contributed by atoms with Crippen molar-refractivity contribution in [3.05, 3.63) is 24.0 Å². The van der Waals surface area contributed by atoms with Crippen molar-refractivity contribution in [1.82, 2.24) is 0 Å². The highest BCUT2D eigenvalue weighted by atomic mass is 14.9. The molecule has 0 aromatic heterocycles. The summed E-state index contributed by atoms with van der Waals surface area (Å²) in [5.74, 6) is 0.419. The Morgan fingerprint density at radius 3 is 2.60 bits per heavy atom. The first-order valence-corrected chi connectivity index (χ1v) is 2.79. The number of rotatable bonds is 3. The summed E-state index contributed by atoms with van der Waals surface area (Å²) in [6.45, 7) is 8.57. The molecule has 3 heteroatoms. The zero-order valence-electron chi connectivity index (χ0n) is 6.04. The van der Waals surface area contributed by atoms with E-state index >= 15 is 0 Å². The molecule has 0 unspecified atom stereocenters. The third-order valence-corrected chi connectivity index (χ3v) is 0.989. The Balaban J connectivity index is 4.31. The van der Waals surface area contributed by atoms with Gasteiger partial charge in [-0.05, 0) is 19.2 Å². The lowest BCUT2D eigenvalue weighted by molar-refractivity contribution is 1.19. The molecule has 0 amide bonds. The molecular formula is C7H11N3. The summed E-state index contributed by atoms with van der Waals surface area (Å²) in [5.41, 5.74) is 6.27. The van der Waals surface area contributed by atoms with Crippen molar-refractivity contribution in [2.24, 2.45) is 15.7 Å². The number of hydrogen-bond acceptors (Lipinski definition) is 2. The number of nitrogens with two attached hydrogens (primary N) is 1. The van der Waals surface area contributed by atoms with Gasteiger partial charge >= 0.3 is 0 Å². The van der Waals surface area contributed by atoms with Crippen molar-refractivity contribution < 1.29 is 0 Å². The van der Waals surface area contributed by atoms with Gasteiger partial charge < -0.3 is 5.73 Å². The van der Waals surface area contributed by atoms with E-state index in [1.165, 1.54) is 6.34 Å². The molecule has 0 spiro atoms. The monoisotopic (exact) mass is 137 g/mol. The van der Waals surface area contributed by atoms with Crippen LogP contribution < -0.4 is 5.73 Å². The Labute approximate surface area is 60.7 Å². The molecule has 0 radical (unpaired) electrons. The molecule has 10 heavy (non-hydrogen) atoms. The predicted octanol–water partition coefficient (Wildman–Crippen LogP) is 1.09. The second-order valence-corrected chi connectivity index (χ2v) is 1.70. The van der Waals surface area contributed by atoms with Gasteiger partial charge in [-0.15, -0.1) is 0 Å². The van der Waals surface area contributed by atoms with E-state index in [-0.39, 0.29) is 0 Å². The highest BCUT2D eigenvalue weighted by Gasteiger charge is 1.86. The molecule has 3 nitrogen and oxygen atoms in total. The van der Waals surface area contributed by atoms with E-state index in [1.54, 1.807) is 6.08 Å². The van der Waals surface area contributed by atoms with Gasteiger partial charge in [0, 0.05) is 0 Å². The smallest absolute Gasteiger partial charge is 0.128 e. The van der Waals surface area contributed by atoms with Crippen LogP contribution in [0.5, 0.6) is 0 Å². The molecule has 0 aromatic carbocycles. The average Bonchev–Trinajstić information content (AvgIpc) is 1.98. The fourth-order valence-electron chi connectivity index (χ4n) is 0.309. The number of allylic oxidation sites excluding steroid dienone is 2. The molecule has 0 aliphatic heterocycles. The maximum Gasteiger partial charge on any atom is 0.128 e. The summed E-state index contributed by atoms with van der Waals surface area (Å²) in [4.78, 5) is 7.15. The van der Waals surface area contributed by atoms with Gasteiger partial charge in [-0.3, -0.25) is 4.99 Å². The molecule has 0 aliphatic carbocycles. The molecule has 0 bridgehead atoms. The topological polar surface area (TPSA) is 50.7 Å². The lowest BCUT2D eigenvalue weighted by Crippen LogP contribution is -1.95. The second-order valence-electron chi connectivity index (χ2n) is 1.70. The molecular weight excluding hydrogens is 126 g/mol. The van der Waals surface area contributed by atoms with Crippen LogP contribution in [0.25, 0.3) is 0 Å². The number of aliphatic imine (C=N–C) groups is 2. The molecule has 2 N–H and O–H groups in total. The second kappa shape index (κ2) is 4.49. The van der Waals surface area contributed by atoms with Crippen LogP contribution in [-0.4, -0.2) is 13.1 Å². The molecule has 0 aromatic rings. The van der Waals surface area contributed by atoms with Crippen LogP contribution >= 0.6 is 0 Å². The van der Waals surface area contributed by atoms with E-state index in [0.29, 0.717) is 5.82 Å². The van der Waals surface area contributed by atoms with E-state index in [1.807, 2.05) is 6.92 Å². The van der Waals surface area contributed by atoms with Gasteiger partial charge in [0.05, 0.1) is 0 Å². The average molecular weight is 137 g/mol. The highest BCUT2D eigenvalue weighted by molar-refractivity contribution is 5.63. The third kappa shape index (κ3) is 2.81. The Morgan fingerprint density at radius 1 is 1.60 bits per heavy atom. The Bertz CT molecular complexity index is 189. The van der Waals surface area contributed by atoms with Crippen molar-refractivity contribution in [2.45, 2.75) is 6.92 Å². The highest BCUT2D eigenvalue weighted by Crippen LogP contribution is 1.98. The summed E-state index contributed by atoms with van der Waals surface area (Å²) >= 11 is 0. The van der Waals surface area contributed by atoms with Crippen LogP contribution in [0.1, 0.15) is 6.92 Å². The predicted molar refractivity (Wildman–Crippen MR) is 45.1 cm³/mol. The van der Waals surface area contributed by atoms with Crippen molar-refractivity contribution in [2.75, 3.05) is 0 Å². The zero-order chi connectivity index (χ0) is 7.98. The van der Waals surface area contributed by atoms with Crippen LogP contribution in [-0.2, 0) is 0 Å². The standard InChI is InChI=1S/C7H11N3/c1-4-6(2)7(8)10-5-9-3/h4-5H,1,3,8H2,2H3/b7-6+,10-5-. The Morgan fingerprint density at radius 2 is 2.20 bits per heavy atom. The quantitative estimate of drug-likeness (QED) is 0.353.